The minimum Gasteiger partial charge on any atom is -0.381 e. The molecule has 1 fully saturated rings. The monoisotopic (exact) mass is 295 g/mol. The number of carbonyl (C=O) groups excluding carboxylic acids is 1. The molecule has 1 saturated carbocycles. The lowest BCUT2D eigenvalue weighted by Gasteiger charge is -2.21. The topological polar surface area (TPSA) is 63.2 Å². The van der Waals surface area contributed by atoms with Crippen molar-refractivity contribution >= 4 is 21.3 Å². The quantitative estimate of drug-likeness (QED) is 0.868. The van der Waals surface area contributed by atoms with Crippen LogP contribution in [0.5, 0.6) is 0 Å². The molecule has 5 heteroatoms. The fourth-order valence-corrected chi connectivity index (χ4v) is 3.58. The fourth-order valence-electron chi connectivity index (χ4n) is 2.74. The Balaban J connectivity index is 2.41. The third-order valence-corrected chi connectivity index (χ3v) is 5.14. The van der Waals surface area contributed by atoms with Crippen LogP contribution in [0.25, 0.3) is 0 Å². The second-order valence-corrected chi connectivity index (χ2v) is 7.68. The molecular formula is C15H21NO3S. The highest BCUT2D eigenvalue weighted by Crippen LogP contribution is 2.31. The molecule has 0 saturated heterocycles. The van der Waals surface area contributed by atoms with Crippen molar-refractivity contribution in [3.8, 4) is 0 Å². The molecule has 0 unspecified atom stereocenters. The molecule has 2 atom stereocenters. The number of hydrogen-bond acceptors (Lipinski definition) is 4. The lowest BCUT2D eigenvalue weighted by molar-refractivity contribution is 0.101. The number of ketones is 1. The molecule has 0 radical (unpaired) electrons. The van der Waals surface area contributed by atoms with Crippen molar-refractivity contribution in [1.29, 1.82) is 0 Å². The molecule has 20 heavy (non-hydrogen) atoms. The third kappa shape index (κ3) is 3.20. The summed E-state index contributed by atoms with van der Waals surface area (Å²) < 4.78 is 23.7. The lowest BCUT2D eigenvalue weighted by atomic mass is 10.1. The molecule has 0 heterocycles. The van der Waals surface area contributed by atoms with Gasteiger partial charge >= 0.3 is 0 Å². The first-order valence-corrected chi connectivity index (χ1v) is 8.80. The summed E-state index contributed by atoms with van der Waals surface area (Å²) >= 11 is 0. The average molecular weight is 295 g/mol. The van der Waals surface area contributed by atoms with E-state index in [0.29, 0.717) is 17.2 Å². The number of sulfone groups is 1. The van der Waals surface area contributed by atoms with E-state index in [4.69, 9.17) is 0 Å². The Morgan fingerprint density at radius 3 is 2.50 bits per heavy atom. The summed E-state index contributed by atoms with van der Waals surface area (Å²) in [7, 11) is -3.31. The Morgan fingerprint density at radius 1 is 1.30 bits per heavy atom. The van der Waals surface area contributed by atoms with Crippen LogP contribution in [-0.4, -0.2) is 26.5 Å². The number of hydrogen-bond donors (Lipinski definition) is 1. The highest BCUT2D eigenvalue weighted by atomic mass is 32.2. The Labute approximate surface area is 120 Å². The summed E-state index contributed by atoms with van der Waals surface area (Å²) in [6, 6.07) is 5.03. The van der Waals surface area contributed by atoms with Crippen molar-refractivity contribution in [2.24, 2.45) is 5.92 Å². The summed E-state index contributed by atoms with van der Waals surface area (Å²) in [6.45, 7) is 3.65. The van der Waals surface area contributed by atoms with Gasteiger partial charge in [-0.05, 0) is 43.9 Å². The van der Waals surface area contributed by atoms with E-state index in [2.05, 4.69) is 12.2 Å². The van der Waals surface area contributed by atoms with E-state index in [-0.39, 0.29) is 16.7 Å². The smallest absolute Gasteiger partial charge is 0.177 e. The van der Waals surface area contributed by atoms with Gasteiger partial charge in [-0.2, -0.15) is 0 Å². The van der Waals surface area contributed by atoms with Gasteiger partial charge < -0.3 is 5.32 Å². The summed E-state index contributed by atoms with van der Waals surface area (Å²) in [5.74, 6) is 0.455. The van der Waals surface area contributed by atoms with Gasteiger partial charge in [-0.1, -0.05) is 13.3 Å². The second-order valence-electron chi connectivity index (χ2n) is 5.70. The van der Waals surface area contributed by atoms with E-state index in [9.17, 15) is 13.2 Å². The van der Waals surface area contributed by atoms with Gasteiger partial charge in [0, 0.05) is 17.9 Å². The van der Waals surface area contributed by atoms with Gasteiger partial charge in [-0.25, -0.2) is 8.42 Å². The van der Waals surface area contributed by atoms with Crippen LogP contribution >= 0.6 is 0 Å². The minimum absolute atomic E-state index is 0.0624. The van der Waals surface area contributed by atoms with E-state index in [0.717, 1.165) is 19.3 Å². The number of benzene rings is 1. The Kier molecular flexibility index (Phi) is 4.18. The molecule has 0 bridgehead atoms. The Bertz CT molecular complexity index is 622. The molecule has 1 aromatic rings. The number of Topliss-reactive ketones (excluding diaryl/α,β-unsaturated/α-hetero) is 1. The number of rotatable bonds is 4. The maximum absolute atomic E-state index is 11.9. The number of nitrogens with one attached hydrogen (secondary N) is 1. The first kappa shape index (κ1) is 15.0. The Hall–Kier alpha value is -1.36. The molecule has 1 aromatic carbocycles. The van der Waals surface area contributed by atoms with Gasteiger partial charge in [0.2, 0.25) is 0 Å². The van der Waals surface area contributed by atoms with Crippen LogP contribution in [0.15, 0.2) is 23.1 Å². The Morgan fingerprint density at radius 2 is 2.00 bits per heavy atom. The highest BCUT2D eigenvalue weighted by molar-refractivity contribution is 7.90. The predicted molar refractivity (Wildman–Crippen MR) is 80.0 cm³/mol. The van der Waals surface area contributed by atoms with Crippen molar-refractivity contribution in [2.75, 3.05) is 11.6 Å². The fraction of sp³-hybridized carbons (Fsp3) is 0.533. The van der Waals surface area contributed by atoms with Crippen LogP contribution in [0.1, 0.15) is 43.5 Å². The van der Waals surface area contributed by atoms with Crippen LogP contribution in [-0.2, 0) is 9.84 Å². The molecule has 1 N–H and O–H groups in total. The average Bonchev–Trinajstić information content (AvgIpc) is 2.73. The van der Waals surface area contributed by atoms with E-state index < -0.39 is 9.84 Å². The van der Waals surface area contributed by atoms with Gasteiger partial charge in [0.05, 0.1) is 10.6 Å². The SMILES string of the molecule is CC(=O)c1ccc(S(C)(=O)=O)c(N[C@H]2CCC[C@H]2C)c1. The molecular weight excluding hydrogens is 274 g/mol. The molecule has 0 spiro atoms. The normalized spacial score (nSPS) is 22.8. The zero-order valence-electron chi connectivity index (χ0n) is 12.1. The molecule has 1 aliphatic rings. The summed E-state index contributed by atoms with van der Waals surface area (Å²) in [5, 5.41) is 3.33. The zero-order valence-corrected chi connectivity index (χ0v) is 13.0. The molecule has 0 amide bonds. The second kappa shape index (κ2) is 5.56. The number of anilines is 1. The van der Waals surface area contributed by atoms with Gasteiger partial charge in [0.25, 0.3) is 0 Å². The van der Waals surface area contributed by atoms with Crippen LogP contribution in [0.4, 0.5) is 5.69 Å². The summed E-state index contributed by atoms with van der Waals surface area (Å²) in [6.07, 6.45) is 4.53. The van der Waals surface area contributed by atoms with Gasteiger partial charge in [-0.15, -0.1) is 0 Å². The van der Waals surface area contributed by atoms with Gasteiger partial charge in [-0.3, -0.25) is 4.79 Å². The summed E-state index contributed by atoms with van der Waals surface area (Å²) in [5.41, 5.74) is 1.09. The highest BCUT2D eigenvalue weighted by Gasteiger charge is 2.25. The lowest BCUT2D eigenvalue weighted by Crippen LogP contribution is -2.23. The molecule has 0 aromatic heterocycles. The minimum atomic E-state index is -3.31. The van der Waals surface area contributed by atoms with Crippen molar-refractivity contribution in [3.05, 3.63) is 23.8 Å². The third-order valence-electron chi connectivity index (χ3n) is 3.99. The van der Waals surface area contributed by atoms with Crippen molar-refractivity contribution in [1.82, 2.24) is 0 Å². The van der Waals surface area contributed by atoms with Crippen LogP contribution in [0, 0.1) is 5.92 Å². The first-order chi connectivity index (χ1) is 9.29. The maximum atomic E-state index is 11.9. The molecule has 0 aliphatic heterocycles. The molecule has 4 nitrogen and oxygen atoms in total. The van der Waals surface area contributed by atoms with Crippen molar-refractivity contribution in [3.63, 3.8) is 0 Å². The van der Waals surface area contributed by atoms with Crippen molar-refractivity contribution in [2.45, 2.75) is 44.0 Å². The maximum Gasteiger partial charge on any atom is 0.177 e. The van der Waals surface area contributed by atoms with Gasteiger partial charge in [0.15, 0.2) is 15.6 Å². The van der Waals surface area contributed by atoms with Crippen LogP contribution in [0.2, 0.25) is 0 Å². The first-order valence-electron chi connectivity index (χ1n) is 6.90. The van der Waals surface area contributed by atoms with Gasteiger partial charge in [0.1, 0.15) is 0 Å². The number of carbonyl (C=O) groups is 1. The van der Waals surface area contributed by atoms with E-state index >= 15 is 0 Å². The molecule has 110 valence electrons. The standard InChI is InChI=1S/C15H21NO3S/c1-10-5-4-6-13(10)16-14-9-12(11(2)17)7-8-15(14)20(3,18)19/h7-10,13,16H,4-6H2,1-3H3/t10-,13+/m1/s1. The van der Waals surface area contributed by atoms with Crippen LogP contribution < -0.4 is 5.32 Å². The zero-order chi connectivity index (χ0) is 14.9. The molecule has 2 rings (SSSR count). The summed E-state index contributed by atoms with van der Waals surface area (Å²) in [4.78, 5) is 11.7. The van der Waals surface area contributed by atoms with E-state index in [1.807, 2.05) is 0 Å². The molecule has 1 aliphatic carbocycles. The largest absolute Gasteiger partial charge is 0.381 e. The van der Waals surface area contributed by atoms with E-state index in [1.165, 1.54) is 19.2 Å². The predicted octanol–water partition coefficient (Wildman–Crippen LogP) is 2.89. The van der Waals surface area contributed by atoms with E-state index in [1.54, 1.807) is 12.1 Å². The van der Waals surface area contributed by atoms with Crippen LogP contribution in [0.3, 0.4) is 0 Å². The van der Waals surface area contributed by atoms with Crippen molar-refractivity contribution < 1.29 is 13.2 Å².